The first-order valence-corrected chi connectivity index (χ1v) is 9.30. The van der Waals surface area contributed by atoms with Crippen LogP contribution in [0, 0.1) is 6.92 Å². The standard InChI is InChI=1S/C20H25N5O/c1-14-7-9-16(10-8-14)25-11-17-19(23-15-5-3-4-6-15)21-13-22-20(17)24(2)12-18(25)26/h7-10,13,15H,3-6,11-12H2,1-2H3,(H,21,22,23). The molecule has 26 heavy (non-hydrogen) atoms. The number of benzene rings is 1. The van der Waals surface area contributed by atoms with Gasteiger partial charge in [0.15, 0.2) is 0 Å². The van der Waals surface area contributed by atoms with Crippen molar-refractivity contribution in [1.29, 1.82) is 0 Å². The van der Waals surface area contributed by atoms with Crippen LogP contribution in [0.5, 0.6) is 0 Å². The number of anilines is 3. The van der Waals surface area contributed by atoms with E-state index in [4.69, 9.17) is 0 Å². The van der Waals surface area contributed by atoms with Crippen molar-refractivity contribution in [3.8, 4) is 0 Å². The van der Waals surface area contributed by atoms with Crippen molar-refractivity contribution in [3.05, 3.63) is 41.7 Å². The van der Waals surface area contributed by atoms with Crippen molar-refractivity contribution in [1.82, 2.24) is 9.97 Å². The first kappa shape index (κ1) is 16.8. The van der Waals surface area contributed by atoms with Gasteiger partial charge >= 0.3 is 0 Å². The molecule has 1 aromatic heterocycles. The predicted octanol–water partition coefficient (Wildman–Crippen LogP) is 3.12. The van der Waals surface area contributed by atoms with Crippen molar-refractivity contribution in [2.24, 2.45) is 0 Å². The molecule has 1 fully saturated rings. The number of aryl methyl sites for hydroxylation is 1. The van der Waals surface area contributed by atoms with E-state index in [1.807, 2.05) is 41.1 Å². The van der Waals surface area contributed by atoms with E-state index in [1.165, 1.54) is 31.2 Å². The zero-order valence-corrected chi connectivity index (χ0v) is 15.4. The van der Waals surface area contributed by atoms with Gasteiger partial charge in [0.1, 0.15) is 18.0 Å². The van der Waals surface area contributed by atoms with Crippen LogP contribution in [0.15, 0.2) is 30.6 Å². The van der Waals surface area contributed by atoms with Gasteiger partial charge < -0.3 is 15.1 Å². The molecule has 2 aromatic rings. The Morgan fingerprint density at radius 2 is 1.81 bits per heavy atom. The van der Waals surface area contributed by atoms with Gasteiger partial charge in [-0.25, -0.2) is 9.97 Å². The number of nitrogens with one attached hydrogen (secondary N) is 1. The lowest BCUT2D eigenvalue weighted by Gasteiger charge is -2.22. The average molecular weight is 351 g/mol. The number of nitrogens with zero attached hydrogens (tertiary/aromatic N) is 4. The van der Waals surface area contributed by atoms with E-state index in [2.05, 4.69) is 22.2 Å². The summed E-state index contributed by atoms with van der Waals surface area (Å²) in [6.07, 6.45) is 6.47. The molecule has 0 bridgehead atoms. The number of likely N-dealkylation sites (N-methyl/N-ethyl adjacent to an activating group) is 1. The van der Waals surface area contributed by atoms with E-state index >= 15 is 0 Å². The second-order valence-electron chi connectivity index (χ2n) is 7.32. The molecule has 136 valence electrons. The average Bonchev–Trinajstić information content (AvgIpc) is 3.10. The maximum atomic E-state index is 12.9. The van der Waals surface area contributed by atoms with E-state index in [9.17, 15) is 4.79 Å². The Labute approximate surface area is 154 Å². The van der Waals surface area contributed by atoms with Crippen LogP contribution in [0.2, 0.25) is 0 Å². The molecule has 1 aliphatic heterocycles. The van der Waals surface area contributed by atoms with Crippen molar-refractivity contribution in [2.75, 3.05) is 28.7 Å². The zero-order valence-electron chi connectivity index (χ0n) is 15.4. The fourth-order valence-electron chi connectivity index (χ4n) is 3.83. The number of carbonyl (C=O) groups excluding carboxylic acids is 1. The van der Waals surface area contributed by atoms with Crippen LogP contribution in [0.3, 0.4) is 0 Å². The highest BCUT2D eigenvalue weighted by atomic mass is 16.2. The summed E-state index contributed by atoms with van der Waals surface area (Å²) in [4.78, 5) is 25.6. The number of carbonyl (C=O) groups is 1. The summed E-state index contributed by atoms with van der Waals surface area (Å²) in [5, 5.41) is 3.60. The summed E-state index contributed by atoms with van der Waals surface area (Å²) in [6, 6.07) is 8.55. The van der Waals surface area contributed by atoms with Gasteiger partial charge in [-0.15, -0.1) is 0 Å². The Balaban J connectivity index is 1.70. The molecular weight excluding hydrogens is 326 g/mol. The van der Waals surface area contributed by atoms with Gasteiger partial charge in [-0.05, 0) is 31.9 Å². The predicted molar refractivity (Wildman–Crippen MR) is 104 cm³/mol. The Bertz CT molecular complexity index is 798. The second-order valence-corrected chi connectivity index (χ2v) is 7.32. The largest absolute Gasteiger partial charge is 0.367 e. The molecule has 1 saturated carbocycles. The van der Waals surface area contributed by atoms with Gasteiger partial charge in [-0.2, -0.15) is 0 Å². The molecule has 6 nitrogen and oxygen atoms in total. The normalized spacial score (nSPS) is 18.0. The number of fused-ring (bicyclic) bond motifs is 1. The van der Waals surface area contributed by atoms with Gasteiger partial charge in [0.05, 0.1) is 18.7 Å². The SMILES string of the molecule is Cc1ccc(N2Cc3c(NC4CCCC4)ncnc3N(C)CC2=O)cc1. The highest BCUT2D eigenvalue weighted by Gasteiger charge is 2.29. The van der Waals surface area contributed by atoms with E-state index in [0.29, 0.717) is 19.1 Å². The molecule has 1 aromatic carbocycles. The molecule has 1 amide bonds. The smallest absolute Gasteiger partial charge is 0.246 e. The molecule has 0 atom stereocenters. The van der Waals surface area contributed by atoms with Gasteiger partial charge in [-0.3, -0.25) is 4.79 Å². The minimum absolute atomic E-state index is 0.0705. The van der Waals surface area contributed by atoms with E-state index in [0.717, 1.165) is 22.9 Å². The van der Waals surface area contributed by atoms with Gasteiger partial charge in [0.2, 0.25) is 5.91 Å². The Morgan fingerprint density at radius 1 is 1.08 bits per heavy atom. The van der Waals surface area contributed by atoms with Crippen LogP contribution in [0.1, 0.15) is 36.8 Å². The van der Waals surface area contributed by atoms with Crippen molar-refractivity contribution < 1.29 is 4.79 Å². The molecule has 0 unspecified atom stereocenters. The minimum Gasteiger partial charge on any atom is -0.367 e. The molecule has 2 aliphatic rings. The summed E-state index contributed by atoms with van der Waals surface area (Å²) >= 11 is 0. The van der Waals surface area contributed by atoms with Gasteiger partial charge in [-0.1, -0.05) is 30.5 Å². The van der Waals surface area contributed by atoms with Crippen LogP contribution in [-0.2, 0) is 11.3 Å². The van der Waals surface area contributed by atoms with E-state index in [1.54, 1.807) is 6.33 Å². The monoisotopic (exact) mass is 351 g/mol. The van der Waals surface area contributed by atoms with Crippen LogP contribution in [-0.4, -0.2) is 35.5 Å². The lowest BCUT2D eigenvalue weighted by molar-refractivity contribution is -0.117. The molecular formula is C20H25N5O. The maximum absolute atomic E-state index is 12.9. The molecule has 6 heteroatoms. The molecule has 0 saturated heterocycles. The van der Waals surface area contributed by atoms with Crippen LogP contribution < -0.4 is 15.1 Å². The number of rotatable bonds is 3. The molecule has 0 radical (unpaired) electrons. The summed E-state index contributed by atoms with van der Waals surface area (Å²) in [6.45, 7) is 2.84. The molecule has 4 rings (SSSR count). The van der Waals surface area contributed by atoms with Crippen LogP contribution in [0.25, 0.3) is 0 Å². The highest BCUT2D eigenvalue weighted by molar-refractivity contribution is 5.97. The second kappa shape index (κ2) is 6.94. The first-order chi connectivity index (χ1) is 12.6. The molecule has 2 heterocycles. The molecule has 0 spiro atoms. The molecule has 1 aliphatic carbocycles. The summed E-state index contributed by atoms with van der Waals surface area (Å²) in [7, 11) is 1.92. The quantitative estimate of drug-likeness (QED) is 0.921. The maximum Gasteiger partial charge on any atom is 0.246 e. The lowest BCUT2D eigenvalue weighted by atomic mass is 10.1. The first-order valence-electron chi connectivity index (χ1n) is 9.30. The van der Waals surface area contributed by atoms with Crippen LogP contribution >= 0.6 is 0 Å². The lowest BCUT2D eigenvalue weighted by Crippen LogP contribution is -2.35. The third kappa shape index (κ3) is 3.23. The Hall–Kier alpha value is -2.63. The zero-order chi connectivity index (χ0) is 18.1. The third-order valence-electron chi connectivity index (χ3n) is 5.32. The molecule has 1 N–H and O–H groups in total. The van der Waals surface area contributed by atoms with E-state index in [-0.39, 0.29) is 5.91 Å². The highest BCUT2D eigenvalue weighted by Crippen LogP contribution is 2.31. The fraction of sp³-hybridized carbons (Fsp3) is 0.450. The van der Waals surface area contributed by atoms with Crippen molar-refractivity contribution in [3.63, 3.8) is 0 Å². The van der Waals surface area contributed by atoms with Crippen molar-refractivity contribution >= 4 is 23.2 Å². The minimum atomic E-state index is 0.0705. The number of hydrogen-bond acceptors (Lipinski definition) is 5. The Kier molecular flexibility index (Phi) is 4.49. The van der Waals surface area contributed by atoms with Crippen molar-refractivity contribution in [2.45, 2.75) is 45.2 Å². The Morgan fingerprint density at radius 3 is 2.54 bits per heavy atom. The summed E-state index contributed by atoms with van der Waals surface area (Å²) in [5.41, 5.74) is 3.09. The number of aromatic nitrogens is 2. The third-order valence-corrected chi connectivity index (χ3v) is 5.32. The van der Waals surface area contributed by atoms with Gasteiger partial charge in [0.25, 0.3) is 0 Å². The van der Waals surface area contributed by atoms with Crippen LogP contribution in [0.4, 0.5) is 17.3 Å². The fourth-order valence-corrected chi connectivity index (χ4v) is 3.83. The summed E-state index contributed by atoms with van der Waals surface area (Å²) < 4.78 is 0. The van der Waals surface area contributed by atoms with Gasteiger partial charge in [0, 0.05) is 18.8 Å². The summed E-state index contributed by atoms with van der Waals surface area (Å²) in [5.74, 6) is 1.77. The number of amides is 1. The topological polar surface area (TPSA) is 61.4 Å². The number of hydrogen-bond donors (Lipinski definition) is 1. The van der Waals surface area contributed by atoms with E-state index < -0.39 is 0 Å².